The first-order valence-electron chi connectivity index (χ1n) is 12.1. The number of rotatable bonds is 3. The molecule has 0 aliphatic rings. The number of fused-ring (bicyclic) bond motifs is 6. The molecule has 0 saturated carbocycles. The molecule has 0 spiro atoms. The molecule has 1 amide bonds. The van der Waals surface area contributed by atoms with Crippen LogP contribution in [0.15, 0.2) is 97.2 Å². The Morgan fingerprint density at radius 2 is 1.50 bits per heavy atom. The van der Waals surface area contributed by atoms with E-state index in [0.29, 0.717) is 22.7 Å². The van der Waals surface area contributed by atoms with E-state index in [-0.39, 0.29) is 5.82 Å². The largest absolute Gasteiger partial charge is 0.366 e. The lowest BCUT2D eigenvalue weighted by molar-refractivity contribution is 0.100. The number of amides is 1. The molecule has 7 heteroatoms. The maximum absolute atomic E-state index is 14.4. The molecule has 0 bridgehead atoms. The summed E-state index contributed by atoms with van der Waals surface area (Å²) >= 11 is 5.81. The maximum Gasteiger partial charge on any atom is 0.250 e. The monoisotopic (exact) mass is 520 g/mol. The summed E-state index contributed by atoms with van der Waals surface area (Å²) in [7, 11) is 0. The molecule has 186 valence electrons. The van der Waals surface area contributed by atoms with Crippen LogP contribution in [0.5, 0.6) is 0 Å². The fraction of sp³-hybridized carbons (Fsp3) is 0.0323. The smallest absolute Gasteiger partial charge is 0.250 e. The molecule has 4 aromatic carbocycles. The summed E-state index contributed by atoms with van der Waals surface area (Å²) < 4.78 is 14.4. The average Bonchev–Trinajstić information content (AvgIpc) is 3.50. The number of carbonyl (C=O) groups is 1. The predicted molar refractivity (Wildman–Crippen MR) is 152 cm³/mol. The number of aromatic amines is 2. The molecule has 0 atom stereocenters. The average molecular weight is 521 g/mol. The van der Waals surface area contributed by atoms with Crippen molar-refractivity contribution in [2.24, 2.45) is 5.73 Å². The lowest BCUT2D eigenvalue weighted by atomic mass is 10.00. The number of pyridine rings is 1. The zero-order valence-electron chi connectivity index (χ0n) is 20.1. The normalized spacial score (nSPS) is 11.2. The van der Waals surface area contributed by atoms with Crippen molar-refractivity contribution in [3.8, 4) is 0 Å². The Hall–Kier alpha value is -4.68. The molecule has 7 rings (SSSR count). The highest BCUT2D eigenvalue weighted by Gasteiger charge is 2.14. The summed E-state index contributed by atoms with van der Waals surface area (Å²) in [6.07, 6.45) is 2.17. The van der Waals surface area contributed by atoms with Gasteiger partial charge in [0, 0.05) is 56.3 Å². The molecular formula is C31H22ClFN4O. The Morgan fingerprint density at radius 1 is 0.789 bits per heavy atom. The van der Waals surface area contributed by atoms with Gasteiger partial charge in [-0.25, -0.2) is 9.37 Å². The number of hydrogen-bond acceptors (Lipinski definition) is 2. The molecule has 7 aromatic rings. The van der Waals surface area contributed by atoms with E-state index in [1.54, 1.807) is 24.4 Å². The highest BCUT2D eigenvalue weighted by Crippen LogP contribution is 2.31. The van der Waals surface area contributed by atoms with Gasteiger partial charge in [-0.1, -0.05) is 66.2 Å². The van der Waals surface area contributed by atoms with Gasteiger partial charge < -0.3 is 15.7 Å². The van der Waals surface area contributed by atoms with Gasteiger partial charge in [-0.2, -0.15) is 0 Å². The second kappa shape index (κ2) is 9.65. The second-order valence-electron chi connectivity index (χ2n) is 9.05. The van der Waals surface area contributed by atoms with Gasteiger partial charge in [0.15, 0.2) is 0 Å². The molecule has 3 heterocycles. The van der Waals surface area contributed by atoms with Crippen LogP contribution >= 0.6 is 11.6 Å². The topological polar surface area (TPSA) is 87.6 Å². The molecule has 4 N–H and O–H groups in total. The highest BCUT2D eigenvalue weighted by molar-refractivity contribution is 6.29. The lowest BCUT2D eigenvalue weighted by Gasteiger charge is -2.06. The number of primary amides is 1. The van der Waals surface area contributed by atoms with Crippen LogP contribution in [0.25, 0.3) is 43.6 Å². The minimum absolute atomic E-state index is 0.202. The van der Waals surface area contributed by atoms with Crippen molar-refractivity contribution in [3.63, 3.8) is 0 Å². The van der Waals surface area contributed by atoms with Crippen molar-refractivity contribution in [2.75, 3.05) is 0 Å². The predicted octanol–water partition coefficient (Wildman–Crippen LogP) is 7.52. The molecule has 0 fully saturated rings. The van der Waals surface area contributed by atoms with Gasteiger partial charge in [-0.3, -0.25) is 4.79 Å². The molecule has 0 saturated heterocycles. The molecule has 5 nitrogen and oxygen atoms in total. The Bertz CT molecular complexity index is 1960. The number of para-hydroxylation sites is 3. The third-order valence-electron chi connectivity index (χ3n) is 6.70. The number of nitrogens with two attached hydrogens (primary N) is 1. The molecule has 0 aliphatic carbocycles. The molecule has 38 heavy (non-hydrogen) atoms. The van der Waals surface area contributed by atoms with Crippen LogP contribution in [-0.4, -0.2) is 20.9 Å². The van der Waals surface area contributed by atoms with Crippen LogP contribution in [0, 0.1) is 5.82 Å². The van der Waals surface area contributed by atoms with E-state index in [1.807, 2.05) is 66.7 Å². The molecular weight excluding hydrogens is 499 g/mol. The number of nitrogens with one attached hydrogen (secondary N) is 2. The van der Waals surface area contributed by atoms with Crippen molar-refractivity contribution in [1.29, 1.82) is 0 Å². The van der Waals surface area contributed by atoms with Crippen molar-refractivity contribution >= 4 is 61.1 Å². The van der Waals surface area contributed by atoms with Crippen LogP contribution in [0.3, 0.4) is 0 Å². The lowest BCUT2D eigenvalue weighted by Crippen LogP contribution is -2.11. The van der Waals surface area contributed by atoms with Crippen molar-refractivity contribution in [2.45, 2.75) is 6.42 Å². The Balaban J connectivity index is 0.000000146. The molecule has 3 aromatic heterocycles. The molecule has 0 aliphatic heterocycles. The second-order valence-corrected chi connectivity index (χ2v) is 9.44. The number of benzene rings is 4. The summed E-state index contributed by atoms with van der Waals surface area (Å²) in [4.78, 5) is 21.9. The number of H-pyrrole nitrogens is 2. The van der Waals surface area contributed by atoms with Crippen LogP contribution in [-0.2, 0) is 6.42 Å². The third kappa shape index (κ3) is 4.25. The fourth-order valence-corrected chi connectivity index (χ4v) is 5.07. The van der Waals surface area contributed by atoms with E-state index in [2.05, 4.69) is 15.0 Å². The number of carbonyl (C=O) groups excluding carboxylic acids is 1. The Labute approximate surface area is 222 Å². The Kier molecular flexibility index (Phi) is 6.02. The van der Waals surface area contributed by atoms with Gasteiger partial charge in [0.05, 0.1) is 11.1 Å². The van der Waals surface area contributed by atoms with E-state index in [1.165, 1.54) is 6.07 Å². The van der Waals surface area contributed by atoms with Crippen LogP contribution in [0.1, 0.15) is 21.5 Å². The maximum atomic E-state index is 14.4. The summed E-state index contributed by atoms with van der Waals surface area (Å²) in [5, 5.41) is 4.56. The zero-order chi connectivity index (χ0) is 26.2. The van der Waals surface area contributed by atoms with E-state index >= 15 is 0 Å². The van der Waals surface area contributed by atoms with Crippen LogP contribution in [0.2, 0.25) is 5.15 Å². The molecule has 0 radical (unpaired) electrons. The first-order valence-corrected chi connectivity index (χ1v) is 12.4. The number of aromatic nitrogens is 3. The van der Waals surface area contributed by atoms with Crippen molar-refractivity contribution < 1.29 is 9.18 Å². The van der Waals surface area contributed by atoms with E-state index in [4.69, 9.17) is 17.3 Å². The van der Waals surface area contributed by atoms with Crippen molar-refractivity contribution in [3.05, 3.63) is 125 Å². The van der Waals surface area contributed by atoms with E-state index in [9.17, 15) is 9.18 Å². The quantitative estimate of drug-likeness (QED) is 0.210. The van der Waals surface area contributed by atoms with E-state index in [0.717, 1.165) is 49.2 Å². The van der Waals surface area contributed by atoms with Gasteiger partial charge in [-0.15, -0.1) is 0 Å². The number of nitrogens with zero attached hydrogens (tertiary/aromatic N) is 1. The standard InChI is InChI=1S/C18H12ClFN2.C13H10N2O/c19-17-8-5-11(10-21-17)9-13-14(20)6-7-16-18(13)12-3-1-2-4-15(12)22-16;14-13(16)10-6-3-5-9-8-4-1-2-7-11(8)15-12(9)10/h1-8,10,22H,9H2;1-7,15H,(H2,14,16). The van der Waals surface area contributed by atoms with Crippen molar-refractivity contribution in [1.82, 2.24) is 15.0 Å². The third-order valence-corrected chi connectivity index (χ3v) is 6.92. The Morgan fingerprint density at radius 3 is 2.24 bits per heavy atom. The SMILES string of the molecule is Fc1ccc2[nH]c3ccccc3c2c1Cc1ccc(Cl)nc1.NC(=O)c1cccc2c1[nH]c1ccccc12. The first kappa shape index (κ1) is 23.7. The first-order chi connectivity index (χ1) is 18.5. The minimum atomic E-state index is -0.405. The van der Waals surface area contributed by atoms with Crippen LogP contribution in [0.4, 0.5) is 4.39 Å². The molecule has 0 unspecified atom stereocenters. The summed E-state index contributed by atoms with van der Waals surface area (Å²) in [5.74, 6) is -0.607. The van der Waals surface area contributed by atoms with Crippen LogP contribution < -0.4 is 5.73 Å². The van der Waals surface area contributed by atoms with Gasteiger partial charge in [0.25, 0.3) is 5.91 Å². The zero-order valence-corrected chi connectivity index (χ0v) is 20.9. The number of hydrogen-bond donors (Lipinski definition) is 3. The number of halogens is 2. The summed E-state index contributed by atoms with van der Waals surface area (Å²) in [6, 6.07) is 28.4. The minimum Gasteiger partial charge on any atom is -0.366 e. The van der Waals surface area contributed by atoms with Gasteiger partial charge in [0.1, 0.15) is 11.0 Å². The van der Waals surface area contributed by atoms with E-state index < -0.39 is 5.91 Å². The fourth-order valence-electron chi connectivity index (χ4n) is 4.96. The van der Waals surface area contributed by atoms with Gasteiger partial charge in [-0.05, 0) is 42.0 Å². The summed E-state index contributed by atoms with van der Waals surface area (Å²) in [5.41, 5.74) is 11.3. The summed E-state index contributed by atoms with van der Waals surface area (Å²) in [6.45, 7) is 0. The van der Waals surface area contributed by atoms with Gasteiger partial charge >= 0.3 is 0 Å². The van der Waals surface area contributed by atoms with Gasteiger partial charge in [0.2, 0.25) is 0 Å². The highest BCUT2D eigenvalue weighted by atomic mass is 35.5.